The van der Waals surface area contributed by atoms with E-state index in [9.17, 15) is 0 Å². The fraction of sp³-hybridized carbons (Fsp3) is 0.818. The number of hydrogen-bond donors (Lipinski definition) is 0. The van der Waals surface area contributed by atoms with Gasteiger partial charge in [0, 0.05) is 0 Å². The average Bonchev–Trinajstić information content (AvgIpc) is 2.58. The van der Waals surface area contributed by atoms with Gasteiger partial charge in [0.05, 0.1) is 0 Å². The Bertz CT molecular complexity index is 311. The highest BCUT2D eigenvalue weighted by atomic mass is 14.3. The highest BCUT2D eigenvalue weighted by Crippen LogP contribution is 2.34. The fourth-order valence-corrected chi connectivity index (χ4v) is 4.56. The lowest BCUT2D eigenvalue weighted by molar-refractivity contribution is 0.264. The Kier molecular flexibility index (Phi) is 8.34. The Hall–Kier alpha value is -0.520. The summed E-state index contributed by atoms with van der Waals surface area (Å²) in [5, 5.41) is 0. The molecule has 2 saturated carbocycles. The summed E-state index contributed by atoms with van der Waals surface area (Å²) in [7, 11) is 0. The van der Waals surface area contributed by atoms with Crippen LogP contribution in [0.2, 0.25) is 0 Å². The van der Waals surface area contributed by atoms with Gasteiger partial charge in [-0.3, -0.25) is 0 Å². The SMILES string of the molecule is C=CCCC1CCC(CC=CCC2CCC(CC)CC2)CC1. The molecule has 0 N–H and O–H groups in total. The molecule has 126 valence electrons. The Labute approximate surface area is 139 Å². The molecule has 0 unspecified atom stereocenters. The van der Waals surface area contributed by atoms with E-state index in [1.807, 2.05) is 0 Å². The lowest BCUT2D eigenvalue weighted by Gasteiger charge is -2.28. The van der Waals surface area contributed by atoms with E-state index >= 15 is 0 Å². The van der Waals surface area contributed by atoms with Crippen molar-refractivity contribution < 1.29 is 0 Å². The topological polar surface area (TPSA) is 0 Å². The van der Waals surface area contributed by atoms with Gasteiger partial charge in [0.25, 0.3) is 0 Å². The molecular formula is C22H38. The van der Waals surface area contributed by atoms with Gasteiger partial charge in [0.15, 0.2) is 0 Å². The fourth-order valence-electron chi connectivity index (χ4n) is 4.56. The van der Waals surface area contributed by atoms with Crippen LogP contribution in [0.1, 0.15) is 90.4 Å². The number of rotatable bonds is 8. The molecule has 22 heavy (non-hydrogen) atoms. The molecule has 0 heterocycles. The molecule has 0 nitrogen and oxygen atoms in total. The molecule has 0 saturated heterocycles. The third-order valence-corrected chi connectivity index (χ3v) is 6.39. The molecule has 0 heteroatoms. The molecule has 0 aromatic rings. The summed E-state index contributed by atoms with van der Waals surface area (Å²) in [6, 6.07) is 0. The molecule has 2 aliphatic carbocycles. The van der Waals surface area contributed by atoms with Crippen LogP contribution in [-0.2, 0) is 0 Å². The van der Waals surface area contributed by atoms with Crippen molar-refractivity contribution in [2.45, 2.75) is 90.4 Å². The summed E-state index contributed by atoms with van der Waals surface area (Å²) in [5.74, 6) is 4.00. The van der Waals surface area contributed by atoms with Crippen molar-refractivity contribution >= 4 is 0 Å². The van der Waals surface area contributed by atoms with Crippen LogP contribution in [-0.4, -0.2) is 0 Å². The van der Waals surface area contributed by atoms with Gasteiger partial charge in [0.2, 0.25) is 0 Å². The molecule has 0 aromatic heterocycles. The van der Waals surface area contributed by atoms with Gasteiger partial charge in [-0.15, -0.1) is 6.58 Å². The Morgan fingerprint density at radius 3 is 1.64 bits per heavy atom. The largest absolute Gasteiger partial charge is 0.103 e. The van der Waals surface area contributed by atoms with Crippen LogP contribution >= 0.6 is 0 Å². The minimum Gasteiger partial charge on any atom is -0.103 e. The molecule has 0 aromatic carbocycles. The first kappa shape index (κ1) is 17.8. The summed E-state index contributed by atoms with van der Waals surface area (Å²) in [4.78, 5) is 0. The standard InChI is InChI=1S/C22H38/c1-3-5-8-20-15-17-22(18-16-20)10-7-6-9-21-13-11-19(4-2)12-14-21/h3,6-7,19-22H,1,4-5,8-18H2,2H3. The second-order valence-electron chi connectivity index (χ2n) is 7.99. The van der Waals surface area contributed by atoms with Crippen LogP contribution in [0.15, 0.2) is 24.8 Å². The van der Waals surface area contributed by atoms with E-state index in [-0.39, 0.29) is 0 Å². The van der Waals surface area contributed by atoms with Crippen LogP contribution in [0.5, 0.6) is 0 Å². The maximum atomic E-state index is 3.85. The summed E-state index contributed by atoms with van der Waals surface area (Å²) >= 11 is 0. The zero-order valence-electron chi connectivity index (χ0n) is 14.9. The minimum atomic E-state index is 0.979. The van der Waals surface area contributed by atoms with Crippen LogP contribution in [0.4, 0.5) is 0 Å². The van der Waals surface area contributed by atoms with E-state index in [0.29, 0.717) is 0 Å². The van der Waals surface area contributed by atoms with Crippen molar-refractivity contribution in [3.05, 3.63) is 24.8 Å². The monoisotopic (exact) mass is 302 g/mol. The summed E-state index contributed by atoms with van der Waals surface area (Å²) in [5.41, 5.74) is 0. The summed E-state index contributed by atoms with van der Waals surface area (Å²) < 4.78 is 0. The van der Waals surface area contributed by atoms with E-state index < -0.39 is 0 Å². The van der Waals surface area contributed by atoms with Gasteiger partial charge >= 0.3 is 0 Å². The molecule has 0 atom stereocenters. The number of allylic oxidation sites excluding steroid dienone is 3. The van der Waals surface area contributed by atoms with Crippen LogP contribution < -0.4 is 0 Å². The zero-order chi connectivity index (χ0) is 15.6. The zero-order valence-corrected chi connectivity index (χ0v) is 14.9. The van der Waals surface area contributed by atoms with E-state index in [0.717, 1.165) is 23.7 Å². The van der Waals surface area contributed by atoms with Gasteiger partial charge in [-0.1, -0.05) is 57.3 Å². The maximum Gasteiger partial charge on any atom is -0.0322 e. The van der Waals surface area contributed by atoms with Crippen molar-refractivity contribution in [2.24, 2.45) is 23.7 Å². The molecule has 2 fully saturated rings. The van der Waals surface area contributed by atoms with Crippen molar-refractivity contribution in [1.82, 2.24) is 0 Å². The lowest BCUT2D eigenvalue weighted by Crippen LogP contribution is -2.14. The maximum absolute atomic E-state index is 3.85. The lowest BCUT2D eigenvalue weighted by atomic mass is 9.78. The molecule has 2 rings (SSSR count). The Balaban J connectivity index is 1.54. The predicted octanol–water partition coefficient (Wildman–Crippen LogP) is 7.31. The van der Waals surface area contributed by atoms with Gasteiger partial charge in [-0.05, 0) is 75.0 Å². The molecule has 0 radical (unpaired) electrons. The third-order valence-electron chi connectivity index (χ3n) is 6.39. The average molecular weight is 303 g/mol. The van der Waals surface area contributed by atoms with Gasteiger partial charge < -0.3 is 0 Å². The molecule has 0 bridgehead atoms. The van der Waals surface area contributed by atoms with Crippen molar-refractivity contribution in [2.75, 3.05) is 0 Å². The highest BCUT2D eigenvalue weighted by Gasteiger charge is 2.20. The molecule has 2 aliphatic rings. The molecule has 0 spiro atoms. The normalized spacial score (nSPS) is 33.1. The first-order valence-electron chi connectivity index (χ1n) is 10.1. The second kappa shape index (κ2) is 10.3. The molecule has 0 amide bonds. The van der Waals surface area contributed by atoms with E-state index in [2.05, 4.69) is 31.7 Å². The first-order valence-corrected chi connectivity index (χ1v) is 10.1. The highest BCUT2D eigenvalue weighted by molar-refractivity contribution is 4.89. The first-order chi connectivity index (χ1) is 10.8. The quantitative estimate of drug-likeness (QED) is 0.412. The van der Waals surface area contributed by atoms with Gasteiger partial charge in [-0.25, -0.2) is 0 Å². The minimum absolute atomic E-state index is 0.979. The summed E-state index contributed by atoms with van der Waals surface area (Å²) in [6.07, 6.45) is 25.6. The Morgan fingerprint density at radius 2 is 1.18 bits per heavy atom. The predicted molar refractivity (Wildman–Crippen MR) is 99.0 cm³/mol. The smallest absolute Gasteiger partial charge is 0.0322 e. The van der Waals surface area contributed by atoms with E-state index in [4.69, 9.17) is 0 Å². The van der Waals surface area contributed by atoms with Gasteiger partial charge in [0.1, 0.15) is 0 Å². The second-order valence-corrected chi connectivity index (χ2v) is 7.99. The van der Waals surface area contributed by atoms with Crippen molar-refractivity contribution in [1.29, 1.82) is 0 Å². The van der Waals surface area contributed by atoms with Crippen LogP contribution in [0.3, 0.4) is 0 Å². The Morgan fingerprint density at radius 1 is 0.727 bits per heavy atom. The summed E-state index contributed by atoms with van der Waals surface area (Å²) in [6.45, 7) is 6.21. The van der Waals surface area contributed by atoms with E-state index in [1.165, 1.54) is 83.5 Å². The van der Waals surface area contributed by atoms with Crippen molar-refractivity contribution in [3.63, 3.8) is 0 Å². The van der Waals surface area contributed by atoms with Gasteiger partial charge in [-0.2, -0.15) is 0 Å². The van der Waals surface area contributed by atoms with Crippen LogP contribution in [0.25, 0.3) is 0 Å². The van der Waals surface area contributed by atoms with Crippen LogP contribution in [0, 0.1) is 23.7 Å². The number of hydrogen-bond acceptors (Lipinski definition) is 0. The van der Waals surface area contributed by atoms with E-state index in [1.54, 1.807) is 0 Å². The third kappa shape index (κ3) is 6.31. The molecule has 0 aliphatic heterocycles. The molecular weight excluding hydrogens is 264 g/mol. The van der Waals surface area contributed by atoms with Crippen molar-refractivity contribution in [3.8, 4) is 0 Å².